The zero-order chi connectivity index (χ0) is 24.0. The van der Waals surface area contributed by atoms with Gasteiger partial charge in [-0.15, -0.1) is 0 Å². The Balaban J connectivity index is 1.60. The van der Waals surface area contributed by atoms with Crippen LogP contribution in [-0.2, 0) is 14.7 Å². The number of benzene rings is 4. The standard InChI is InChI=1S/C31H27BO2S/c1-29(2)30(3,4)34-32(33-29)25-17-11-19-27-28(25)31(24-16-9-10-18-26(24)35-27)22-14-7-5-12-20(22)21-13-6-8-15-23(21)31/h5-19H,1-4H3. The molecular weight excluding hydrogens is 447 g/mol. The van der Waals surface area contributed by atoms with Crippen molar-refractivity contribution in [3.05, 3.63) is 113 Å². The zero-order valence-corrected chi connectivity index (χ0v) is 21.3. The van der Waals surface area contributed by atoms with Gasteiger partial charge >= 0.3 is 7.12 Å². The summed E-state index contributed by atoms with van der Waals surface area (Å²) in [6.07, 6.45) is 0. The first-order valence-electron chi connectivity index (χ1n) is 12.3. The summed E-state index contributed by atoms with van der Waals surface area (Å²) in [6.45, 7) is 8.51. The maximum absolute atomic E-state index is 6.65. The first-order chi connectivity index (χ1) is 16.8. The van der Waals surface area contributed by atoms with Crippen LogP contribution in [0.2, 0.25) is 0 Å². The zero-order valence-electron chi connectivity index (χ0n) is 20.5. The Morgan fingerprint density at radius 3 is 1.71 bits per heavy atom. The topological polar surface area (TPSA) is 18.5 Å². The average Bonchev–Trinajstić information content (AvgIpc) is 3.26. The lowest BCUT2D eigenvalue weighted by Gasteiger charge is -2.41. The lowest BCUT2D eigenvalue weighted by molar-refractivity contribution is 0.00578. The highest BCUT2D eigenvalue weighted by atomic mass is 32.2. The molecule has 4 aromatic carbocycles. The molecule has 0 unspecified atom stereocenters. The fourth-order valence-electron chi connectivity index (χ4n) is 6.11. The Bertz CT molecular complexity index is 1440. The molecule has 1 saturated heterocycles. The molecule has 3 aliphatic rings. The van der Waals surface area contributed by atoms with Gasteiger partial charge in [-0.1, -0.05) is 90.6 Å². The Morgan fingerprint density at radius 1 is 0.571 bits per heavy atom. The van der Waals surface area contributed by atoms with Gasteiger partial charge in [0.25, 0.3) is 0 Å². The molecule has 1 fully saturated rings. The molecule has 0 aromatic heterocycles. The van der Waals surface area contributed by atoms with Crippen LogP contribution < -0.4 is 5.46 Å². The normalized spacial score (nSPS) is 19.7. The van der Waals surface area contributed by atoms with Crippen LogP contribution in [-0.4, -0.2) is 18.3 Å². The fourth-order valence-corrected chi connectivity index (χ4v) is 7.35. The van der Waals surface area contributed by atoms with Crippen LogP contribution >= 0.6 is 11.8 Å². The molecule has 1 spiro atoms. The number of hydrogen-bond acceptors (Lipinski definition) is 3. The first kappa shape index (κ1) is 21.5. The first-order valence-corrected chi connectivity index (χ1v) is 13.1. The van der Waals surface area contributed by atoms with Crippen molar-refractivity contribution in [2.45, 2.75) is 54.1 Å². The summed E-state index contributed by atoms with van der Waals surface area (Å²) < 4.78 is 13.3. The van der Waals surface area contributed by atoms with Gasteiger partial charge < -0.3 is 9.31 Å². The minimum absolute atomic E-state index is 0.404. The van der Waals surface area contributed by atoms with Crippen molar-refractivity contribution in [2.75, 3.05) is 0 Å². The molecule has 0 saturated carbocycles. The van der Waals surface area contributed by atoms with Gasteiger partial charge in [0.2, 0.25) is 0 Å². The highest BCUT2D eigenvalue weighted by molar-refractivity contribution is 7.99. The van der Waals surface area contributed by atoms with E-state index in [9.17, 15) is 0 Å². The summed E-state index contributed by atoms with van der Waals surface area (Å²) in [7, 11) is -0.433. The van der Waals surface area contributed by atoms with E-state index in [-0.39, 0.29) is 0 Å². The van der Waals surface area contributed by atoms with E-state index in [0.29, 0.717) is 0 Å². The van der Waals surface area contributed by atoms with E-state index in [1.54, 1.807) is 0 Å². The molecule has 2 aliphatic heterocycles. The molecule has 0 atom stereocenters. The predicted molar refractivity (Wildman–Crippen MR) is 144 cm³/mol. The summed E-state index contributed by atoms with van der Waals surface area (Å²) >= 11 is 1.85. The number of hydrogen-bond donors (Lipinski definition) is 0. The molecular formula is C31H27BO2S. The van der Waals surface area contributed by atoms with Crippen molar-refractivity contribution in [1.29, 1.82) is 0 Å². The van der Waals surface area contributed by atoms with Gasteiger partial charge in [0.05, 0.1) is 16.6 Å². The predicted octanol–water partition coefficient (Wildman–Crippen LogP) is 6.81. The minimum atomic E-state index is -0.433. The van der Waals surface area contributed by atoms with E-state index in [4.69, 9.17) is 9.31 Å². The third-order valence-electron chi connectivity index (χ3n) is 8.40. The van der Waals surface area contributed by atoms with Crippen molar-refractivity contribution in [1.82, 2.24) is 0 Å². The van der Waals surface area contributed by atoms with E-state index < -0.39 is 23.7 Å². The Morgan fingerprint density at radius 2 is 1.09 bits per heavy atom. The molecule has 0 radical (unpaired) electrons. The van der Waals surface area contributed by atoms with Gasteiger partial charge in [-0.25, -0.2) is 0 Å². The van der Waals surface area contributed by atoms with E-state index in [1.165, 1.54) is 43.2 Å². The van der Waals surface area contributed by atoms with Gasteiger partial charge in [-0.05, 0) is 78.7 Å². The molecule has 0 bridgehead atoms. The van der Waals surface area contributed by atoms with Crippen LogP contribution in [0.1, 0.15) is 49.9 Å². The third-order valence-corrected chi connectivity index (χ3v) is 9.54. The summed E-state index contributed by atoms with van der Waals surface area (Å²) in [5.41, 5.74) is 7.78. The third kappa shape index (κ3) is 2.71. The molecule has 0 amide bonds. The number of rotatable bonds is 1. The van der Waals surface area contributed by atoms with Crippen molar-refractivity contribution >= 4 is 24.3 Å². The van der Waals surface area contributed by atoms with E-state index >= 15 is 0 Å². The molecule has 2 heterocycles. The molecule has 0 N–H and O–H groups in total. The van der Waals surface area contributed by atoms with Crippen LogP contribution in [0.15, 0.2) is 101 Å². The van der Waals surface area contributed by atoms with Crippen LogP contribution in [0.5, 0.6) is 0 Å². The second-order valence-electron chi connectivity index (χ2n) is 10.7. The van der Waals surface area contributed by atoms with Gasteiger partial charge in [-0.3, -0.25) is 0 Å². The van der Waals surface area contributed by atoms with Gasteiger partial charge in [0.15, 0.2) is 0 Å². The summed E-state index contributed by atoms with van der Waals surface area (Å²) in [4.78, 5) is 2.57. The Kier molecular flexibility index (Phi) is 4.38. The molecule has 2 nitrogen and oxygen atoms in total. The highest BCUT2D eigenvalue weighted by Crippen LogP contribution is 2.61. The van der Waals surface area contributed by atoms with E-state index in [1.807, 2.05) is 11.8 Å². The molecule has 172 valence electrons. The lowest BCUT2D eigenvalue weighted by Crippen LogP contribution is -2.44. The maximum Gasteiger partial charge on any atom is 0.495 e. The highest BCUT2D eigenvalue weighted by Gasteiger charge is 2.56. The Labute approximate surface area is 211 Å². The van der Waals surface area contributed by atoms with Gasteiger partial charge in [0, 0.05) is 9.79 Å². The van der Waals surface area contributed by atoms with Crippen molar-refractivity contribution in [3.63, 3.8) is 0 Å². The van der Waals surface area contributed by atoms with E-state index in [0.717, 1.165) is 5.46 Å². The lowest BCUT2D eigenvalue weighted by atomic mass is 9.61. The smallest absolute Gasteiger partial charge is 0.399 e. The molecule has 4 aromatic rings. The second-order valence-corrected chi connectivity index (χ2v) is 11.8. The quantitative estimate of drug-likeness (QED) is 0.244. The van der Waals surface area contributed by atoms with Gasteiger partial charge in [0.1, 0.15) is 0 Å². The largest absolute Gasteiger partial charge is 0.495 e. The fraction of sp³-hybridized carbons (Fsp3) is 0.226. The number of fused-ring (bicyclic) bond motifs is 9. The van der Waals surface area contributed by atoms with Crippen molar-refractivity contribution < 1.29 is 9.31 Å². The van der Waals surface area contributed by atoms with Crippen LogP contribution in [0.3, 0.4) is 0 Å². The van der Waals surface area contributed by atoms with Crippen LogP contribution in [0, 0.1) is 0 Å². The summed E-state index contributed by atoms with van der Waals surface area (Å²) in [5.74, 6) is 0. The van der Waals surface area contributed by atoms with Crippen molar-refractivity contribution in [2.24, 2.45) is 0 Å². The van der Waals surface area contributed by atoms with Gasteiger partial charge in [-0.2, -0.15) is 0 Å². The molecule has 7 rings (SSSR count). The summed E-state index contributed by atoms with van der Waals surface area (Å²) in [6, 6.07) is 33.3. The van der Waals surface area contributed by atoms with Crippen LogP contribution in [0.4, 0.5) is 0 Å². The average molecular weight is 474 g/mol. The monoisotopic (exact) mass is 474 g/mol. The molecule has 4 heteroatoms. The van der Waals surface area contributed by atoms with Crippen molar-refractivity contribution in [3.8, 4) is 11.1 Å². The maximum atomic E-state index is 6.65. The Hall–Kier alpha value is -2.79. The van der Waals surface area contributed by atoms with Crippen LogP contribution in [0.25, 0.3) is 11.1 Å². The SMILES string of the molecule is CC1(C)OB(c2cccc3c2C2(c4ccccc4S3)c3ccccc3-c3ccccc32)OC1(C)C. The second kappa shape index (κ2) is 7.13. The molecule has 1 aliphatic carbocycles. The summed E-state index contributed by atoms with van der Waals surface area (Å²) in [5, 5.41) is 0. The van der Waals surface area contributed by atoms with E-state index in [2.05, 4.69) is 119 Å². The molecule has 35 heavy (non-hydrogen) atoms. The minimum Gasteiger partial charge on any atom is -0.399 e.